The van der Waals surface area contributed by atoms with E-state index in [-0.39, 0.29) is 0 Å². The highest BCUT2D eigenvalue weighted by molar-refractivity contribution is 14.1. The maximum Gasteiger partial charge on any atom is 0.477 e. The molecular formula is C4H13IO4P6. The number of hydrogen-bond donors (Lipinski definition) is 0. The van der Waals surface area contributed by atoms with E-state index in [1.165, 1.54) is 7.11 Å². The third kappa shape index (κ3) is 2.95. The monoisotopic (exact) mass is 438 g/mol. The summed E-state index contributed by atoms with van der Waals surface area (Å²) in [7, 11) is 10.5. The van der Waals surface area contributed by atoms with Gasteiger partial charge in [0.25, 0.3) is 0 Å². The van der Waals surface area contributed by atoms with Gasteiger partial charge in [0.15, 0.2) is 3.35 Å². The topological polar surface area (TPSA) is 44.8 Å². The Bertz CT molecular complexity index is 292. The molecule has 0 radical (unpaired) electrons. The van der Waals surface area contributed by atoms with Crippen LogP contribution in [0.2, 0.25) is 0 Å². The van der Waals surface area contributed by atoms with E-state index in [0.717, 1.165) is 0 Å². The molecule has 15 heavy (non-hydrogen) atoms. The van der Waals surface area contributed by atoms with E-state index in [1.54, 1.807) is 0 Å². The lowest BCUT2D eigenvalue weighted by Crippen LogP contribution is -2.53. The molecule has 1 rings (SSSR count). The van der Waals surface area contributed by atoms with Gasteiger partial charge in [0.05, 0.1) is 4.90 Å². The van der Waals surface area contributed by atoms with Gasteiger partial charge >= 0.3 is 7.82 Å². The first-order chi connectivity index (χ1) is 6.47. The molecule has 1 heterocycles. The van der Waals surface area contributed by atoms with Crippen molar-refractivity contribution in [2.45, 2.75) is 13.3 Å². The molecule has 7 unspecified atom stereocenters. The summed E-state index contributed by atoms with van der Waals surface area (Å²) in [5.74, 6) is 0. The Kier molecular flexibility index (Phi) is 5.17. The summed E-state index contributed by atoms with van der Waals surface area (Å²) in [5.41, 5.74) is 0. The lowest BCUT2D eigenvalue weighted by atomic mass is 10.4. The zero-order valence-corrected chi connectivity index (χ0v) is 16.7. The first-order valence-corrected chi connectivity index (χ1v) is 9.11. The summed E-state index contributed by atoms with van der Waals surface area (Å²) in [6.07, 6.45) is 0. The molecule has 4 nitrogen and oxygen atoms in total. The van der Waals surface area contributed by atoms with Gasteiger partial charge in [0.1, 0.15) is 5.08 Å². The standard InChI is InChI=1S/C4H13IO4P6/c1-7-15(6)8-3(5,12)2(10,11)4(13,14)9-15/h10-14H2,1H3. The second kappa shape index (κ2) is 4.83. The number of hydrogen-bond acceptors (Lipinski definition) is 4. The van der Waals surface area contributed by atoms with Gasteiger partial charge in [-0.05, 0) is 22.6 Å². The number of alkyl halides is 1. The van der Waals surface area contributed by atoms with E-state index in [2.05, 4.69) is 46.2 Å². The molecule has 0 aliphatic carbocycles. The SMILES string of the molecule is COP1(=O)OC(P)(P)C(P)(P)C(P)(I)O1. The van der Waals surface area contributed by atoms with Gasteiger partial charge in [-0.25, -0.2) is 4.57 Å². The van der Waals surface area contributed by atoms with Crippen LogP contribution in [0.4, 0.5) is 0 Å². The lowest BCUT2D eigenvalue weighted by molar-refractivity contribution is 0.0362. The average molecular weight is 438 g/mol. The highest BCUT2D eigenvalue weighted by Crippen LogP contribution is 2.74. The van der Waals surface area contributed by atoms with E-state index in [0.29, 0.717) is 0 Å². The second-order valence-electron chi connectivity index (χ2n) is 3.12. The summed E-state index contributed by atoms with van der Waals surface area (Å²) < 4.78 is 26.7. The molecule has 0 N–H and O–H groups in total. The van der Waals surface area contributed by atoms with Crippen LogP contribution in [-0.2, 0) is 18.1 Å². The number of halogens is 1. The van der Waals surface area contributed by atoms with E-state index in [1.807, 2.05) is 22.6 Å². The molecule has 0 aromatic rings. The number of rotatable bonds is 1. The Morgan fingerprint density at radius 3 is 2.00 bits per heavy atom. The van der Waals surface area contributed by atoms with Crippen LogP contribution in [0.15, 0.2) is 0 Å². The third-order valence-electron chi connectivity index (χ3n) is 1.94. The molecule has 0 saturated carbocycles. The lowest BCUT2D eigenvalue weighted by Gasteiger charge is -2.53. The van der Waals surface area contributed by atoms with Gasteiger partial charge in [-0.2, -0.15) is 0 Å². The second-order valence-corrected chi connectivity index (χ2v) is 13.2. The van der Waals surface area contributed by atoms with Crippen molar-refractivity contribution < 1.29 is 18.1 Å². The van der Waals surface area contributed by atoms with Crippen molar-refractivity contribution in [3.05, 3.63) is 0 Å². The Morgan fingerprint density at radius 1 is 1.20 bits per heavy atom. The number of phosphoric ester groups is 1. The zero-order chi connectivity index (χ0) is 12.1. The van der Waals surface area contributed by atoms with Crippen molar-refractivity contribution in [3.63, 3.8) is 0 Å². The molecule has 1 fully saturated rings. The van der Waals surface area contributed by atoms with Crippen molar-refractivity contribution in [1.29, 1.82) is 0 Å². The van der Waals surface area contributed by atoms with Gasteiger partial charge in [-0.15, -0.1) is 18.5 Å². The van der Waals surface area contributed by atoms with Crippen LogP contribution in [0.3, 0.4) is 0 Å². The average Bonchev–Trinajstić information content (AvgIpc) is 1.99. The molecule has 0 spiro atoms. The summed E-state index contributed by atoms with van der Waals surface area (Å²) >= 11 is 2.05. The van der Waals surface area contributed by atoms with Crippen LogP contribution in [0.5, 0.6) is 0 Å². The maximum absolute atomic E-state index is 12.0. The Labute approximate surface area is 115 Å². The van der Waals surface area contributed by atoms with Crippen molar-refractivity contribution in [3.8, 4) is 0 Å². The van der Waals surface area contributed by atoms with Gasteiger partial charge in [-0.1, -0.05) is 27.7 Å². The van der Waals surface area contributed by atoms with Gasteiger partial charge in [-0.3, -0.25) is 13.6 Å². The number of phosphoric acid groups is 1. The minimum atomic E-state index is -3.51. The predicted octanol–water partition coefficient (Wildman–Crippen LogP) is 2.60. The van der Waals surface area contributed by atoms with Crippen molar-refractivity contribution in [1.82, 2.24) is 0 Å². The Balaban J connectivity index is 3.19. The van der Waals surface area contributed by atoms with Crippen LogP contribution in [-0.4, -0.2) is 20.4 Å². The molecule has 90 valence electrons. The highest BCUT2D eigenvalue weighted by atomic mass is 127. The summed E-state index contributed by atoms with van der Waals surface area (Å²) in [4.78, 5) is -0.562. The normalized spacial score (nSPS) is 43.9. The maximum atomic E-state index is 12.0. The molecular weight excluding hydrogens is 425 g/mol. The molecule has 1 aliphatic heterocycles. The first-order valence-electron chi connectivity index (χ1n) is 3.68. The highest BCUT2D eigenvalue weighted by Gasteiger charge is 2.62. The quantitative estimate of drug-likeness (QED) is 0.359. The van der Waals surface area contributed by atoms with Gasteiger partial charge in [0, 0.05) is 7.11 Å². The molecule has 0 aromatic heterocycles. The molecule has 0 bridgehead atoms. The summed E-state index contributed by atoms with van der Waals surface area (Å²) in [6.45, 7) is 0. The minimum absolute atomic E-state index is 0.562. The van der Waals surface area contributed by atoms with Crippen LogP contribution in [0, 0.1) is 0 Å². The Hall–Kier alpha value is 2.99. The summed E-state index contributed by atoms with van der Waals surface area (Å²) in [6, 6.07) is 0. The summed E-state index contributed by atoms with van der Waals surface area (Å²) in [5, 5.41) is -0.838. The fourth-order valence-electron chi connectivity index (χ4n) is 0.858. The molecule has 1 aliphatic rings. The molecule has 11 heteroatoms. The van der Waals surface area contributed by atoms with E-state index in [4.69, 9.17) is 13.6 Å². The minimum Gasteiger partial charge on any atom is -0.290 e. The van der Waals surface area contributed by atoms with E-state index < -0.39 is 21.2 Å². The van der Waals surface area contributed by atoms with Crippen molar-refractivity contribution >= 4 is 76.6 Å². The van der Waals surface area contributed by atoms with Gasteiger partial charge in [0.2, 0.25) is 0 Å². The molecule has 0 aromatic carbocycles. The fourth-order valence-corrected chi connectivity index (χ4v) is 6.56. The van der Waals surface area contributed by atoms with Crippen LogP contribution in [0.25, 0.3) is 0 Å². The smallest absolute Gasteiger partial charge is 0.290 e. The van der Waals surface area contributed by atoms with Crippen molar-refractivity contribution in [2.24, 2.45) is 0 Å². The third-order valence-corrected chi connectivity index (χ3v) is 12.2. The van der Waals surface area contributed by atoms with Crippen LogP contribution < -0.4 is 0 Å². The van der Waals surface area contributed by atoms with Crippen LogP contribution in [0.1, 0.15) is 0 Å². The first kappa shape index (κ1) is 16.0. The van der Waals surface area contributed by atoms with Crippen LogP contribution >= 0.6 is 76.6 Å². The largest absolute Gasteiger partial charge is 0.477 e. The Morgan fingerprint density at radius 2 is 1.67 bits per heavy atom. The van der Waals surface area contributed by atoms with Gasteiger partial charge < -0.3 is 0 Å². The van der Waals surface area contributed by atoms with E-state index in [9.17, 15) is 4.57 Å². The molecule has 1 saturated heterocycles. The van der Waals surface area contributed by atoms with E-state index >= 15 is 0 Å². The fraction of sp³-hybridized carbons (Fsp3) is 1.00. The molecule has 0 amide bonds. The predicted molar refractivity (Wildman–Crippen MR) is 87.5 cm³/mol. The zero-order valence-electron chi connectivity index (χ0n) is 7.84. The van der Waals surface area contributed by atoms with Crippen molar-refractivity contribution in [2.75, 3.05) is 7.11 Å². The molecule has 7 atom stereocenters.